The fourth-order valence-corrected chi connectivity index (χ4v) is 5.95. The number of rotatable bonds is 5. The van der Waals surface area contributed by atoms with Gasteiger partial charge in [0.2, 0.25) is 0 Å². The van der Waals surface area contributed by atoms with Crippen LogP contribution in [0.4, 0.5) is 5.69 Å². The van der Waals surface area contributed by atoms with Gasteiger partial charge in [0.15, 0.2) is 4.80 Å². The smallest absolute Gasteiger partial charge is 0.338 e. The van der Waals surface area contributed by atoms with Crippen molar-refractivity contribution in [2.24, 2.45) is 4.99 Å². The van der Waals surface area contributed by atoms with E-state index in [4.69, 9.17) is 16.3 Å². The summed E-state index contributed by atoms with van der Waals surface area (Å²) in [5.41, 5.74) is 3.13. The second-order valence-electron chi connectivity index (χ2n) is 7.93. The summed E-state index contributed by atoms with van der Waals surface area (Å²) in [6.45, 7) is 3.71. The molecule has 1 atom stereocenters. The lowest BCUT2D eigenvalue weighted by atomic mass is 9.96. The summed E-state index contributed by atoms with van der Waals surface area (Å²) in [5.74, 6) is -0.508. The van der Waals surface area contributed by atoms with Crippen molar-refractivity contribution in [3.63, 3.8) is 0 Å². The number of allylic oxidation sites excluding steroid dienone is 1. The summed E-state index contributed by atoms with van der Waals surface area (Å²) in [6, 6.07) is 12.4. The van der Waals surface area contributed by atoms with Crippen molar-refractivity contribution in [3.05, 3.63) is 94.0 Å². The molecule has 0 unspecified atom stereocenters. The number of anilines is 1. The Morgan fingerprint density at radius 1 is 1.29 bits per heavy atom. The lowest BCUT2D eigenvalue weighted by molar-refractivity contribution is -0.139. The number of thiazole rings is 1. The molecule has 1 aliphatic heterocycles. The van der Waals surface area contributed by atoms with Crippen LogP contribution in [0, 0.1) is 0 Å². The van der Waals surface area contributed by atoms with Gasteiger partial charge in [-0.25, -0.2) is 9.79 Å². The zero-order valence-electron chi connectivity index (χ0n) is 19.1. The molecule has 0 amide bonds. The second-order valence-corrected chi connectivity index (χ2v) is 10.2. The highest BCUT2D eigenvalue weighted by atomic mass is 79.9. The summed E-state index contributed by atoms with van der Waals surface area (Å²) in [4.78, 5) is 33.7. The van der Waals surface area contributed by atoms with Crippen LogP contribution in [-0.4, -0.2) is 31.2 Å². The second kappa shape index (κ2) is 9.90. The number of fused-ring (bicyclic) bond motifs is 1. The third-order valence-corrected chi connectivity index (χ3v) is 7.43. The van der Waals surface area contributed by atoms with E-state index < -0.39 is 12.0 Å². The quantitative estimate of drug-likeness (QED) is 0.437. The monoisotopic (exact) mass is 559 g/mol. The van der Waals surface area contributed by atoms with Crippen molar-refractivity contribution in [2.45, 2.75) is 19.9 Å². The maximum atomic E-state index is 13.7. The van der Waals surface area contributed by atoms with Crippen LogP contribution < -0.4 is 19.8 Å². The molecule has 2 heterocycles. The van der Waals surface area contributed by atoms with E-state index in [0.29, 0.717) is 31.2 Å². The van der Waals surface area contributed by atoms with E-state index in [1.54, 1.807) is 24.5 Å². The minimum Gasteiger partial charge on any atom is -0.463 e. The average molecular weight is 561 g/mol. The predicted molar refractivity (Wildman–Crippen MR) is 140 cm³/mol. The molecule has 4 rings (SSSR count). The van der Waals surface area contributed by atoms with Gasteiger partial charge in [0.25, 0.3) is 5.56 Å². The van der Waals surface area contributed by atoms with E-state index in [1.165, 1.54) is 11.3 Å². The standard InChI is InChI=1S/C25H23BrClN3O3S/c1-5-33-24(32)21-14(2)28-25-30(22(21)16-8-6-7-9-18(16)27)23(31)20(34-25)13-15-10-11-19(29(3)4)17(26)12-15/h6-13,22H,5H2,1-4H3/t22-/m1/s1. The normalized spacial score (nSPS) is 15.7. The molecular weight excluding hydrogens is 538 g/mol. The fraction of sp³-hybridized carbons (Fsp3) is 0.240. The van der Waals surface area contributed by atoms with Crippen LogP contribution in [0.25, 0.3) is 6.08 Å². The maximum absolute atomic E-state index is 13.7. The first-order chi connectivity index (χ1) is 16.2. The molecule has 3 aromatic rings. The van der Waals surface area contributed by atoms with Crippen LogP contribution in [0.3, 0.4) is 0 Å². The largest absolute Gasteiger partial charge is 0.463 e. The van der Waals surface area contributed by atoms with Crippen LogP contribution in [-0.2, 0) is 9.53 Å². The fourth-order valence-electron chi connectivity index (χ4n) is 3.91. The molecule has 34 heavy (non-hydrogen) atoms. The van der Waals surface area contributed by atoms with Gasteiger partial charge in [-0.3, -0.25) is 9.36 Å². The minimum atomic E-state index is -0.728. The minimum absolute atomic E-state index is 0.215. The molecule has 0 fully saturated rings. The first-order valence-electron chi connectivity index (χ1n) is 10.6. The van der Waals surface area contributed by atoms with Gasteiger partial charge in [0.05, 0.1) is 28.1 Å². The molecule has 0 aliphatic carbocycles. The molecule has 0 saturated heterocycles. The van der Waals surface area contributed by atoms with Crippen molar-refractivity contribution in [1.29, 1.82) is 0 Å². The van der Waals surface area contributed by atoms with Gasteiger partial charge in [-0.2, -0.15) is 0 Å². The maximum Gasteiger partial charge on any atom is 0.338 e. The highest BCUT2D eigenvalue weighted by Crippen LogP contribution is 2.34. The summed E-state index contributed by atoms with van der Waals surface area (Å²) in [6.07, 6.45) is 1.83. The third-order valence-electron chi connectivity index (χ3n) is 5.47. The molecule has 0 N–H and O–H groups in total. The number of hydrogen-bond acceptors (Lipinski definition) is 6. The molecular formula is C25H23BrClN3O3S. The topological polar surface area (TPSA) is 63.9 Å². The Morgan fingerprint density at radius 3 is 2.68 bits per heavy atom. The zero-order chi connectivity index (χ0) is 24.6. The lowest BCUT2D eigenvalue weighted by Crippen LogP contribution is -2.40. The Kier molecular flexibility index (Phi) is 7.12. The summed E-state index contributed by atoms with van der Waals surface area (Å²) in [5, 5.41) is 0.460. The van der Waals surface area contributed by atoms with E-state index >= 15 is 0 Å². The number of carbonyl (C=O) groups is 1. The van der Waals surface area contributed by atoms with Gasteiger partial charge < -0.3 is 9.64 Å². The Morgan fingerprint density at radius 2 is 2.03 bits per heavy atom. The Balaban J connectivity index is 1.94. The van der Waals surface area contributed by atoms with E-state index in [2.05, 4.69) is 20.9 Å². The summed E-state index contributed by atoms with van der Waals surface area (Å²) < 4.78 is 8.29. The van der Waals surface area contributed by atoms with Gasteiger partial charge in [-0.1, -0.05) is 47.2 Å². The van der Waals surface area contributed by atoms with Crippen molar-refractivity contribution in [1.82, 2.24) is 4.57 Å². The molecule has 1 aromatic heterocycles. The molecule has 0 radical (unpaired) electrons. The Hall–Kier alpha value is -2.68. The van der Waals surface area contributed by atoms with Crippen LogP contribution >= 0.6 is 38.9 Å². The van der Waals surface area contributed by atoms with Crippen LogP contribution in [0.15, 0.2) is 68.0 Å². The van der Waals surface area contributed by atoms with Gasteiger partial charge in [0, 0.05) is 23.6 Å². The number of esters is 1. The number of aromatic nitrogens is 1. The lowest BCUT2D eigenvalue weighted by Gasteiger charge is -2.25. The van der Waals surface area contributed by atoms with E-state index in [0.717, 1.165) is 15.7 Å². The summed E-state index contributed by atoms with van der Waals surface area (Å²) in [7, 11) is 3.94. The number of hydrogen-bond donors (Lipinski definition) is 0. The molecule has 2 aromatic carbocycles. The molecule has 176 valence electrons. The van der Waals surface area contributed by atoms with E-state index in [1.807, 2.05) is 61.5 Å². The average Bonchev–Trinajstić information content (AvgIpc) is 3.07. The van der Waals surface area contributed by atoms with Crippen LogP contribution in [0.2, 0.25) is 5.02 Å². The number of benzene rings is 2. The van der Waals surface area contributed by atoms with Gasteiger partial charge in [-0.05, 0) is 65.2 Å². The molecule has 0 saturated carbocycles. The van der Waals surface area contributed by atoms with Gasteiger partial charge in [-0.15, -0.1) is 0 Å². The predicted octanol–water partition coefficient (Wildman–Crippen LogP) is 4.28. The van der Waals surface area contributed by atoms with E-state index in [-0.39, 0.29) is 12.2 Å². The van der Waals surface area contributed by atoms with Crippen LogP contribution in [0.5, 0.6) is 0 Å². The Labute approximate surface area is 214 Å². The Bertz CT molecular complexity index is 1490. The molecule has 0 bridgehead atoms. The highest BCUT2D eigenvalue weighted by molar-refractivity contribution is 9.10. The first-order valence-corrected chi connectivity index (χ1v) is 12.6. The summed E-state index contributed by atoms with van der Waals surface area (Å²) >= 11 is 11.4. The van der Waals surface area contributed by atoms with Gasteiger partial charge >= 0.3 is 5.97 Å². The van der Waals surface area contributed by atoms with E-state index in [9.17, 15) is 9.59 Å². The number of carbonyl (C=O) groups excluding carboxylic acids is 1. The SMILES string of the molecule is CCOC(=O)C1=C(C)N=c2sc(=Cc3ccc(N(C)C)c(Br)c3)c(=O)n2[C@@H]1c1ccccc1Cl. The van der Waals surface area contributed by atoms with Crippen molar-refractivity contribution >= 4 is 56.6 Å². The van der Waals surface area contributed by atoms with Crippen molar-refractivity contribution in [3.8, 4) is 0 Å². The number of ether oxygens (including phenoxy) is 1. The molecule has 6 nitrogen and oxygen atoms in total. The van der Waals surface area contributed by atoms with Crippen molar-refractivity contribution < 1.29 is 9.53 Å². The van der Waals surface area contributed by atoms with Gasteiger partial charge in [0.1, 0.15) is 6.04 Å². The molecule has 0 spiro atoms. The first kappa shape index (κ1) is 24.4. The number of halogens is 2. The number of nitrogens with zero attached hydrogens (tertiary/aromatic N) is 3. The van der Waals surface area contributed by atoms with Crippen LogP contribution in [0.1, 0.15) is 31.0 Å². The molecule has 9 heteroatoms. The zero-order valence-corrected chi connectivity index (χ0v) is 22.3. The highest BCUT2D eigenvalue weighted by Gasteiger charge is 2.34. The third kappa shape index (κ3) is 4.50. The molecule has 1 aliphatic rings. The van der Waals surface area contributed by atoms with Crippen molar-refractivity contribution in [2.75, 3.05) is 25.6 Å².